The molecule has 2 heterocycles. The number of halogens is 3. The number of alkyl halides is 3. The van der Waals surface area contributed by atoms with Gasteiger partial charge in [-0.15, -0.1) is 23.1 Å². The molecule has 3 rings (SSSR count). The Kier molecular flexibility index (Phi) is 7.50. The lowest BCUT2D eigenvalue weighted by Crippen LogP contribution is -2.32. The van der Waals surface area contributed by atoms with Gasteiger partial charge in [0.2, 0.25) is 11.8 Å². The standard InChI is InChI=1S/C21H21F3N2O4S2/c1-3-5-12-9-13(20(29)30-4-2)19(31-12)26-17(27)10-16-18(28)25-14-8-11(21(22,23)24)6-7-15(14)32-16/h6-9,16H,3-5,10H2,1-2H3,(H,25,28)(H,26,27)/t16-/m1/s1. The van der Waals surface area contributed by atoms with Crippen LogP contribution in [0.3, 0.4) is 0 Å². The van der Waals surface area contributed by atoms with Gasteiger partial charge in [0.15, 0.2) is 0 Å². The Balaban J connectivity index is 1.72. The van der Waals surface area contributed by atoms with Gasteiger partial charge in [-0.25, -0.2) is 4.79 Å². The Bertz CT molecular complexity index is 1040. The number of ether oxygens (including phenoxy) is 1. The number of thioether (sulfide) groups is 1. The minimum Gasteiger partial charge on any atom is -0.462 e. The fourth-order valence-corrected chi connectivity index (χ4v) is 5.33. The summed E-state index contributed by atoms with van der Waals surface area (Å²) in [5, 5.41) is 4.67. The minimum atomic E-state index is -4.52. The fourth-order valence-electron chi connectivity index (χ4n) is 3.07. The van der Waals surface area contributed by atoms with Crippen LogP contribution in [0.5, 0.6) is 0 Å². The third-order valence-electron chi connectivity index (χ3n) is 4.53. The normalized spacial score (nSPS) is 15.7. The van der Waals surface area contributed by atoms with Gasteiger partial charge in [0, 0.05) is 16.2 Å². The number of nitrogens with one attached hydrogen (secondary N) is 2. The molecule has 0 radical (unpaired) electrons. The smallest absolute Gasteiger partial charge is 0.416 e. The predicted octanol–water partition coefficient (Wildman–Crippen LogP) is 5.34. The zero-order valence-electron chi connectivity index (χ0n) is 17.3. The maximum Gasteiger partial charge on any atom is 0.416 e. The SMILES string of the molecule is CCCc1cc(C(=O)OCC)c(NC(=O)C[C@H]2Sc3ccc(C(F)(F)F)cc3NC2=O)s1. The Morgan fingerprint density at radius 1 is 1.22 bits per heavy atom. The summed E-state index contributed by atoms with van der Waals surface area (Å²) in [5.74, 6) is -1.58. The molecule has 172 valence electrons. The Morgan fingerprint density at radius 2 is 1.97 bits per heavy atom. The Hall–Kier alpha value is -2.53. The van der Waals surface area contributed by atoms with Crippen molar-refractivity contribution in [3.8, 4) is 0 Å². The lowest BCUT2D eigenvalue weighted by Gasteiger charge is -2.24. The summed E-state index contributed by atoms with van der Waals surface area (Å²) in [4.78, 5) is 38.6. The van der Waals surface area contributed by atoms with Crippen molar-refractivity contribution in [2.75, 3.05) is 17.2 Å². The number of rotatable bonds is 7. The van der Waals surface area contributed by atoms with Gasteiger partial charge in [-0.2, -0.15) is 13.2 Å². The van der Waals surface area contributed by atoms with E-state index in [-0.39, 0.29) is 24.3 Å². The monoisotopic (exact) mass is 486 g/mol. The van der Waals surface area contributed by atoms with Gasteiger partial charge in [0.1, 0.15) is 5.00 Å². The third kappa shape index (κ3) is 5.63. The highest BCUT2D eigenvalue weighted by Crippen LogP contribution is 2.41. The largest absolute Gasteiger partial charge is 0.462 e. The van der Waals surface area contributed by atoms with Crippen LogP contribution in [0.1, 0.15) is 47.5 Å². The van der Waals surface area contributed by atoms with Gasteiger partial charge in [-0.3, -0.25) is 9.59 Å². The van der Waals surface area contributed by atoms with Crippen LogP contribution in [0, 0.1) is 0 Å². The molecule has 0 unspecified atom stereocenters. The van der Waals surface area contributed by atoms with Crippen LogP contribution in [0.15, 0.2) is 29.2 Å². The van der Waals surface area contributed by atoms with E-state index in [1.165, 1.54) is 17.4 Å². The molecule has 32 heavy (non-hydrogen) atoms. The molecule has 6 nitrogen and oxygen atoms in total. The van der Waals surface area contributed by atoms with Crippen LogP contribution >= 0.6 is 23.1 Å². The number of hydrogen-bond donors (Lipinski definition) is 2. The van der Waals surface area contributed by atoms with Crippen molar-refractivity contribution >= 4 is 51.6 Å². The number of amides is 2. The quantitative estimate of drug-likeness (QED) is 0.517. The molecule has 1 aromatic carbocycles. The average molecular weight is 487 g/mol. The molecule has 0 fully saturated rings. The van der Waals surface area contributed by atoms with E-state index < -0.39 is 34.8 Å². The highest BCUT2D eigenvalue weighted by Gasteiger charge is 2.34. The maximum atomic E-state index is 12.9. The van der Waals surface area contributed by atoms with Crippen LogP contribution in [0.25, 0.3) is 0 Å². The van der Waals surface area contributed by atoms with Gasteiger partial charge < -0.3 is 15.4 Å². The molecule has 0 saturated heterocycles. The van der Waals surface area contributed by atoms with E-state index >= 15 is 0 Å². The van der Waals surface area contributed by atoms with Crippen molar-refractivity contribution in [3.63, 3.8) is 0 Å². The zero-order chi connectivity index (χ0) is 23.5. The summed E-state index contributed by atoms with van der Waals surface area (Å²) in [6, 6.07) is 4.79. The van der Waals surface area contributed by atoms with Gasteiger partial charge >= 0.3 is 12.1 Å². The second kappa shape index (κ2) is 9.95. The summed E-state index contributed by atoms with van der Waals surface area (Å²) < 4.78 is 43.7. The molecule has 0 saturated carbocycles. The number of anilines is 2. The lowest BCUT2D eigenvalue weighted by molar-refractivity contribution is -0.137. The number of thiophene rings is 1. The van der Waals surface area contributed by atoms with E-state index in [9.17, 15) is 27.6 Å². The van der Waals surface area contributed by atoms with Crippen LogP contribution in [-0.4, -0.2) is 29.6 Å². The van der Waals surface area contributed by atoms with Crippen LogP contribution < -0.4 is 10.6 Å². The van der Waals surface area contributed by atoms with Crippen molar-refractivity contribution in [2.24, 2.45) is 0 Å². The van der Waals surface area contributed by atoms with E-state index in [0.717, 1.165) is 41.6 Å². The van der Waals surface area contributed by atoms with E-state index in [4.69, 9.17) is 4.74 Å². The summed E-state index contributed by atoms with van der Waals surface area (Å²) in [6.45, 7) is 3.87. The topological polar surface area (TPSA) is 84.5 Å². The molecule has 1 aromatic heterocycles. The van der Waals surface area contributed by atoms with Gasteiger partial charge in [-0.1, -0.05) is 13.3 Å². The van der Waals surface area contributed by atoms with Crippen molar-refractivity contribution in [3.05, 3.63) is 40.3 Å². The molecule has 0 spiro atoms. The summed E-state index contributed by atoms with van der Waals surface area (Å²) in [5.41, 5.74) is -0.529. The van der Waals surface area contributed by atoms with Crippen LogP contribution in [-0.2, 0) is 26.9 Å². The number of aryl methyl sites for hydroxylation is 1. The summed E-state index contributed by atoms with van der Waals surface area (Å²) in [7, 11) is 0. The Morgan fingerprint density at radius 3 is 2.62 bits per heavy atom. The second-order valence-electron chi connectivity index (χ2n) is 6.98. The van der Waals surface area contributed by atoms with Crippen molar-refractivity contribution < 1.29 is 32.3 Å². The van der Waals surface area contributed by atoms with E-state index in [1.54, 1.807) is 13.0 Å². The minimum absolute atomic E-state index is 0.0681. The number of carbonyl (C=O) groups excluding carboxylic acids is 3. The van der Waals surface area contributed by atoms with E-state index in [2.05, 4.69) is 10.6 Å². The van der Waals surface area contributed by atoms with E-state index in [1.807, 2.05) is 6.92 Å². The number of fused-ring (bicyclic) bond motifs is 1. The molecule has 2 aromatic rings. The van der Waals surface area contributed by atoms with Crippen LogP contribution in [0.2, 0.25) is 0 Å². The van der Waals surface area contributed by atoms with Gasteiger partial charge in [0.05, 0.1) is 28.7 Å². The number of hydrogen-bond acceptors (Lipinski definition) is 6. The second-order valence-corrected chi connectivity index (χ2v) is 9.36. The molecule has 1 atom stereocenters. The highest BCUT2D eigenvalue weighted by atomic mass is 32.2. The molecular formula is C21H21F3N2O4S2. The molecule has 0 aliphatic carbocycles. The molecule has 11 heteroatoms. The van der Waals surface area contributed by atoms with Crippen LogP contribution in [0.4, 0.5) is 23.9 Å². The molecule has 2 N–H and O–H groups in total. The lowest BCUT2D eigenvalue weighted by atomic mass is 10.1. The number of carbonyl (C=O) groups is 3. The Labute approximate surface area is 190 Å². The first-order valence-corrected chi connectivity index (χ1v) is 11.6. The summed E-state index contributed by atoms with van der Waals surface area (Å²) >= 11 is 2.30. The average Bonchev–Trinajstić information content (AvgIpc) is 3.10. The first-order chi connectivity index (χ1) is 15.1. The first-order valence-electron chi connectivity index (χ1n) is 9.90. The highest BCUT2D eigenvalue weighted by molar-refractivity contribution is 8.01. The zero-order valence-corrected chi connectivity index (χ0v) is 18.9. The van der Waals surface area contributed by atoms with Gasteiger partial charge in [-0.05, 0) is 37.6 Å². The molecular weight excluding hydrogens is 465 g/mol. The molecule has 1 aliphatic heterocycles. The summed E-state index contributed by atoms with van der Waals surface area (Å²) in [6.07, 6.45) is -3.12. The van der Waals surface area contributed by atoms with Crippen molar-refractivity contribution in [1.29, 1.82) is 0 Å². The van der Waals surface area contributed by atoms with Gasteiger partial charge in [0.25, 0.3) is 0 Å². The first kappa shape index (κ1) is 24.1. The number of esters is 1. The molecule has 2 amide bonds. The molecule has 1 aliphatic rings. The fraction of sp³-hybridized carbons (Fsp3) is 0.381. The third-order valence-corrected chi connectivity index (χ3v) is 6.91. The van der Waals surface area contributed by atoms with Crippen molar-refractivity contribution in [2.45, 2.75) is 49.4 Å². The predicted molar refractivity (Wildman–Crippen MR) is 117 cm³/mol. The number of benzene rings is 1. The van der Waals surface area contributed by atoms with Crippen molar-refractivity contribution in [1.82, 2.24) is 0 Å². The van der Waals surface area contributed by atoms with E-state index in [0.29, 0.717) is 9.90 Å². The maximum absolute atomic E-state index is 12.9. The molecule has 0 bridgehead atoms.